The van der Waals surface area contributed by atoms with E-state index in [1.807, 2.05) is 0 Å². The van der Waals surface area contributed by atoms with Crippen molar-refractivity contribution in [2.75, 3.05) is 0 Å². The summed E-state index contributed by atoms with van der Waals surface area (Å²) in [6, 6.07) is 0. The van der Waals surface area contributed by atoms with E-state index in [9.17, 15) is 9.59 Å². The number of carboxylic acid groups (broad SMARTS) is 2. The van der Waals surface area contributed by atoms with Gasteiger partial charge in [-0.15, -0.1) is 0 Å². The standard InChI is InChI=1S/C22H42O4/c1-3-5-6-7-8-9-10-11-12-15-19(4-2)16-13-14-17-20(22(25)26)18-21(23)24/h19-20H,3-18H2,1-2H3,(H,23,24)(H,25,26). The Hall–Kier alpha value is -1.06. The molecule has 0 saturated carbocycles. The first-order valence-electron chi connectivity index (χ1n) is 11.0. The van der Waals surface area contributed by atoms with Gasteiger partial charge in [-0.1, -0.05) is 104 Å². The maximum atomic E-state index is 11.1. The third kappa shape index (κ3) is 15.2. The highest BCUT2D eigenvalue weighted by molar-refractivity contribution is 5.77. The SMILES string of the molecule is CCCCCCCCCCCC(CC)CCCCC(CC(=O)O)C(=O)O. The van der Waals surface area contributed by atoms with E-state index in [1.165, 1.54) is 70.6 Å². The summed E-state index contributed by atoms with van der Waals surface area (Å²) >= 11 is 0. The second-order valence-corrected chi connectivity index (χ2v) is 7.81. The van der Waals surface area contributed by atoms with Crippen LogP contribution in [0.25, 0.3) is 0 Å². The fourth-order valence-electron chi connectivity index (χ4n) is 3.64. The zero-order valence-electron chi connectivity index (χ0n) is 17.2. The summed E-state index contributed by atoms with van der Waals surface area (Å²) in [6.07, 6.45) is 17.9. The van der Waals surface area contributed by atoms with Crippen LogP contribution >= 0.6 is 0 Å². The minimum Gasteiger partial charge on any atom is -0.481 e. The molecule has 0 saturated heterocycles. The van der Waals surface area contributed by atoms with Gasteiger partial charge in [-0.25, -0.2) is 0 Å². The molecule has 2 atom stereocenters. The van der Waals surface area contributed by atoms with Crippen molar-refractivity contribution in [1.29, 1.82) is 0 Å². The lowest BCUT2D eigenvalue weighted by molar-refractivity contribution is -0.148. The molecule has 0 radical (unpaired) electrons. The second kappa shape index (κ2) is 17.4. The molecule has 0 aliphatic carbocycles. The van der Waals surface area contributed by atoms with E-state index in [0.717, 1.165) is 25.2 Å². The number of rotatable bonds is 19. The molecule has 0 rings (SSSR count). The van der Waals surface area contributed by atoms with Crippen molar-refractivity contribution in [1.82, 2.24) is 0 Å². The van der Waals surface area contributed by atoms with Crippen LogP contribution in [-0.4, -0.2) is 22.2 Å². The maximum absolute atomic E-state index is 11.1. The summed E-state index contributed by atoms with van der Waals surface area (Å²) in [6.45, 7) is 4.49. The summed E-state index contributed by atoms with van der Waals surface area (Å²) < 4.78 is 0. The Morgan fingerprint density at radius 2 is 1.15 bits per heavy atom. The topological polar surface area (TPSA) is 74.6 Å². The van der Waals surface area contributed by atoms with Crippen LogP contribution in [0.3, 0.4) is 0 Å². The number of hydrogen-bond acceptors (Lipinski definition) is 2. The van der Waals surface area contributed by atoms with Crippen LogP contribution < -0.4 is 0 Å². The third-order valence-corrected chi connectivity index (χ3v) is 5.48. The lowest BCUT2D eigenvalue weighted by Crippen LogP contribution is -2.17. The Morgan fingerprint density at radius 1 is 0.692 bits per heavy atom. The van der Waals surface area contributed by atoms with Crippen molar-refractivity contribution in [2.24, 2.45) is 11.8 Å². The van der Waals surface area contributed by atoms with E-state index < -0.39 is 17.9 Å². The molecule has 26 heavy (non-hydrogen) atoms. The summed E-state index contributed by atoms with van der Waals surface area (Å²) in [5.41, 5.74) is 0. The number of carbonyl (C=O) groups is 2. The number of hydrogen-bond donors (Lipinski definition) is 2. The fourth-order valence-corrected chi connectivity index (χ4v) is 3.64. The number of aliphatic carboxylic acids is 2. The van der Waals surface area contributed by atoms with E-state index in [2.05, 4.69) is 13.8 Å². The summed E-state index contributed by atoms with van der Waals surface area (Å²) in [7, 11) is 0. The molecule has 0 aromatic carbocycles. The Labute approximate surface area is 160 Å². The first-order valence-corrected chi connectivity index (χ1v) is 11.0. The lowest BCUT2D eigenvalue weighted by atomic mass is 9.91. The maximum Gasteiger partial charge on any atom is 0.307 e. The van der Waals surface area contributed by atoms with E-state index in [1.54, 1.807) is 0 Å². The smallest absolute Gasteiger partial charge is 0.307 e. The molecule has 0 spiro atoms. The van der Waals surface area contributed by atoms with Gasteiger partial charge in [0.05, 0.1) is 12.3 Å². The van der Waals surface area contributed by atoms with Gasteiger partial charge in [0.25, 0.3) is 0 Å². The molecular weight excluding hydrogens is 328 g/mol. The van der Waals surface area contributed by atoms with Gasteiger partial charge in [0.2, 0.25) is 0 Å². The lowest BCUT2D eigenvalue weighted by Gasteiger charge is -2.15. The van der Waals surface area contributed by atoms with Crippen molar-refractivity contribution in [3.63, 3.8) is 0 Å². The van der Waals surface area contributed by atoms with Crippen LogP contribution in [0.15, 0.2) is 0 Å². The van der Waals surface area contributed by atoms with Gasteiger partial charge in [-0.2, -0.15) is 0 Å². The number of carboxylic acids is 2. The molecule has 0 aromatic heterocycles. The van der Waals surface area contributed by atoms with Crippen LogP contribution in [0.2, 0.25) is 0 Å². The average Bonchev–Trinajstić information content (AvgIpc) is 2.60. The predicted molar refractivity (Wildman–Crippen MR) is 107 cm³/mol. The highest BCUT2D eigenvalue weighted by Crippen LogP contribution is 2.23. The molecule has 0 bridgehead atoms. The van der Waals surface area contributed by atoms with Gasteiger partial charge >= 0.3 is 11.9 Å². The van der Waals surface area contributed by atoms with Gasteiger partial charge in [0.1, 0.15) is 0 Å². The van der Waals surface area contributed by atoms with Gasteiger partial charge in [0.15, 0.2) is 0 Å². The molecule has 0 fully saturated rings. The number of unbranched alkanes of at least 4 members (excludes halogenated alkanes) is 9. The monoisotopic (exact) mass is 370 g/mol. The molecular formula is C22H42O4. The summed E-state index contributed by atoms with van der Waals surface area (Å²) in [4.78, 5) is 21.8. The predicted octanol–water partition coefficient (Wildman–Crippen LogP) is 6.67. The Balaban J connectivity index is 3.67. The zero-order valence-corrected chi connectivity index (χ0v) is 17.2. The Morgan fingerprint density at radius 3 is 1.62 bits per heavy atom. The van der Waals surface area contributed by atoms with Gasteiger partial charge in [-0.05, 0) is 12.3 Å². The third-order valence-electron chi connectivity index (χ3n) is 5.48. The van der Waals surface area contributed by atoms with E-state index in [0.29, 0.717) is 6.42 Å². The summed E-state index contributed by atoms with van der Waals surface area (Å²) in [5, 5.41) is 17.8. The highest BCUT2D eigenvalue weighted by atomic mass is 16.4. The molecule has 2 N–H and O–H groups in total. The van der Waals surface area contributed by atoms with Crippen molar-refractivity contribution in [2.45, 2.75) is 117 Å². The van der Waals surface area contributed by atoms with Gasteiger partial charge in [-0.3, -0.25) is 9.59 Å². The second-order valence-electron chi connectivity index (χ2n) is 7.81. The van der Waals surface area contributed by atoms with Crippen LogP contribution in [0.4, 0.5) is 0 Å². The van der Waals surface area contributed by atoms with Crippen molar-refractivity contribution in [3.8, 4) is 0 Å². The highest BCUT2D eigenvalue weighted by Gasteiger charge is 2.20. The molecule has 0 amide bonds. The first kappa shape index (κ1) is 24.9. The molecule has 0 heterocycles. The molecule has 154 valence electrons. The fraction of sp³-hybridized carbons (Fsp3) is 0.909. The molecule has 0 aromatic rings. The van der Waals surface area contributed by atoms with Gasteiger partial charge in [0, 0.05) is 0 Å². The van der Waals surface area contributed by atoms with E-state index in [-0.39, 0.29) is 6.42 Å². The molecule has 0 aliphatic rings. The summed E-state index contributed by atoms with van der Waals surface area (Å²) in [5.74, 6) is -1.99. The van der Waals surface area contributed by atoms with Crippen molar-refractivity contribution >= 4 is 11.9 Å². The van der Waals surface area contributed by atoms with Crippen LogP contribution in [0, 0.1) is 11.8 Å². The minimum absolute atomic E-state index is 0.259. The molecule has 2 unspecified atom stereocenters. The Bertz CT molecular complexity index is 354. The molecule has 4 heteroatoms. The van der Waals surface area contributed by atoms with Crippen molar-refractivity contribution < 1.29 is 19.8 Å². The van der Waals surface area contributed by atoms with Crippen molar-refractivity contribution in [3.05, 3.63) is 0 Å². The van der Waals surface area contributed by atoms with Crippen LogP contribution in [0.5, 0.6) is 0 Å². The van der Waals surface area contributed by atoms with E-state index in [4.69, 9.17) is 10.2 Å². The van der Waals surface area contributed by atoms with Crippen LogP contribution in [-0.2, 0) is 9.59 Å². The van der Waals surface area contributed by atoms with Gasteiger partial charge < -0.3 is 10.2 Å². The quantitative estimate of drug-likeness (QED) is 0.249. The molecule has 4 nitrogen and oxygen atoms in total. The average molecular weight is 371 g/mol. The largest absolute Gasteiger partial charge is 0.481 e. The Kier molecular flexibility index (Phi) is 16.7. The van der Waals surface area contributed by atoms with E-state index >= 15 is 0 Å². The first-order chi connectivity index (χ1) is 12.5. The normalized spacial score (nSPS) is 13.5. The minimum atomic E-state index is -1.02. The van der Waals surface area contributed by atoms with Crippen LogP contribution in [0.1, 0.15) is 117 Å². The zero-order chi connectivity index (χ0) is 19.6. The molecule has 0 aliphatic heterocycles.